The lowest BCUT2D eigenvalue weighted by Gasteiger charge is -2.09. The third-order valence-electron chi connectivity index (χ3n) is 4.12. The molecule has 26 heavy (non-hydrogen) atoms. The molecule has 6 nitrogen and oxygen atoms in total. The van der Waals surface area contributed by atoms with Crippen LogP contribution < -0.4 is 10.6 Å². The number of rotatable bonds is 3. The van der Waals surface area contributed by atoms with Crippen molar-refractivity contribution in [1.82, 2.24) is 14.8 Å². The molecule has 2 N–H and O–H groups in total. The van der Waals surface area contributed by atoms with Crippen molar-refractivity contribution in [3.63, 3.8) is 0 Å². The zero-order valence-corrected chi connectivity index (χ0v) is 14.2. The van der Waals surface area contributed by atoms with Gasteiger partial charge in [-0.3, -0.25) is 4.68 Å². The summed E-state index contributed by atoms with van der Waals surface area (Å²) in [6.45, 7) is 0. The van der Waals surface area contributed by atoms with E-state index in [0.717, 1.165) is 33.5 Å². The van der Waals surface area contributed by atoms with Crippen LogP contribution in [0.15, 0.2) is 73.1 Å². The molecule has 0 unspecified atom stereocenters. The fourth-order valence-electron chi connectivity index (χ4n) is 2.85. The Balaban J connectivity index is 1.52. The van der Waals surface area contributed by atoms with Crippen LogP contribution in [0.5, 0.6) is 0 Å². The summed E-state index contributed by atoms with van der Waals surface area (Å²) in [6, 6.07) is 18.7. The second-order valence-corrected chi connectivity index (χ2v) is 5.89. The van der Waals surface area contributed by atoms with E-state index in [1.54, 1.807) is 10.9 Å². The number of urea groups is 1. The van der Waals surface area contributed by atoms with Crippen LogP contribution in [0.1, 0.15) is 0 Å². The van der Waals surface area contributed by atoms with Gasteiger partial charge in [0.15, 0.2) is 5.65 Å². The Morgan fingerprint density at radius 3 is 2.35 bits per heavy atom. The molecule has 0 saturated heterocycles. The lowest BCUT2D eigenvalue weighted by molar-refractivity contribution is 0.262. The van der Waals surface area contributed by atoms with Gasteiger partial charge in [-0.1, -0.05) is 30.3 Å². The summed E-state index contributed by atoms with van der Waals surface area (Å²) < 4.78 is 1.75. The highest BCUT2D eigenvalue weighted by atomic mass is 16.2. The van der Waals surface area contributed by atoms with Crippen LogP contribution in [0.2, 0.25) is 0 Å². The van der Waals surface area contributed by atoms with Crippen LogP contribution in [0.3, 0.4) is 0 Å². The first-order valence-corrected chi connectivity index (χ1v) is 8.21. The first-order chi connectivity index (χ1) is 12.7. The van der Waals surface area contributed by atoms with Crippen LogP contribution in [-0.2, 0) is 7.05 Å². The molecule has 0 spiro atoms. The number of amides is 2. The smallest absolute Gasteiger partial charge is 0.308 e. The molecule has 2 aromatic carbocycles. The molecule has 0 atom stereocenters. The van der Waals surface area contributed by atoms with Gasteiger partial charge in [0.2, 0.25) is 0 Å². The van der Waals surface area contributed by atoms with Crippen molar-refractivity contribution in [3.05, 3.63) is 73.1 Å². The number of hydrogen-bond acceptors (Lipinski definition) is 3. The van der Waals surface area contributed by atoms with Gasteiger partial charge in [0, 0.05) is 30.0 Å². The predicted octanol–water partition coefficient (Wildman–Crippen LogP) is 4.28. The topological polar surface area (TPSA) is 71.8 Å². The maximum absolute atomic E-state index is 12.1. The highest BCUT2D eigenvalue weighted by molar-refractivity contribution is 6.00. The molecule has 128 valence electrons. The largest absolute Gasteiger partial charge is 0.323 e. The molecule has 6 heteroatoms. The average molecular weight is 343 g/mol. The molecule has 2 amide bonds. The Bertz CT molecular complexity index is 1050. The zero-order valence-electron chi connectivity index (χ0n) is 14.2. The number of carbonyl (C=O) groups is 1. The number of nitrogens with one attached hydrogen (secondary N) is 2. The van der Waals surface area contributed by atoms with Gasteiger partial charge in [-0.2, -0.15) is 5.10 Å². The van der Waals surface area contributed by atoms with Crippen LogP contribution >= 0.6 is 0 Å². The minimum Gasteiger partial charge on any atom is -0.308 e. The van der Waals surface area contributed by atoms with Gasteiger partial charge in [0.05, 0.1) is 6.20 Å². The lowest BCUT2D eigenvalue weighted by atomic mass is 10.0. The lowest BCUT2D eigenvalue weighted by Crippen LogP contribution is -2.19. The van der Waals surface area contributed by atoms with E-state index in [9.17, 15) is 4.79 Å². The van der Waals surface area contributed by atoms with E-state index >= 15 is 0 Å². The normalized spacial score (nSPS) is 10.7. The van der Waals surface area contributed by atoms with E-state index in [-0.39, 0.29) is 6.03 Å². The molecule has 0 fully saturated rings. The zero-order chi connectivity index (χ0) is 17.9. The van der Waals surface area contributed by atoms with Crippen molar-refractivity contribution in [2.24, 2.45) is 7.05 Å². The van der Waals surface area contributed by atoms with E-state index in [1.165, 1.54) is 0 Å². The van der Waals surface area contributed by atoms with Crippen LogP contribution in [0.4, 0.5) is 16.2 Å². The number of aryl methyl sites for hydroxylation is 1. The second-order valence-electron chi connectivity index (χ2n) is 5.89. The molecule has 0 aliphatic heterocycles. The van der Waals surface area contributed by atoms with Crippen molar-refractivity contribution < 1.29 is 4.79 Å². The number of nitrogens with zero attached hydrogens (tertiary/aromatic N) is 3. The molecular weight excluding hydrogens is 326 g/mol. The molecular formula is C20H17N5O. The van der Waals surface area contributed by atoms with Gasteiger partial charge in [-0.05, 0) is 41.5 Å². The number of carbonyl (C=O) groups excluding carboxylic acids is 1. The first-order valence-electron chi connectivity index (χ1n) is 8.21. The number of fused-ring (bicyclic) bond motifs is 1. The Labute approximate surface area is 150 Å². The number of para-hydroxylation sites is 1. The van der Waals surface area contributed by atoms with E-state index in [1.807, 2.05) is 73.9 Å². The minimum absolute atomic E-state index is 0.275. The summed E-state index contributed by atoms with van der Waals surface area (Å²) in [6.07, 6.45) is 3.59. The van der Waals surface area contributed by atoms with E-state index < -0.39 is 0 Å². The SMILES string of the molecule is Cn1ncc2c(-c3ccc(NC(=O)Nc4ccccc4)cc3)ccnc21. The highest BCUT2D eigenvalue weighted by Crippen LogP contribution is 2.28. The van der Waals surface area contributed by atoms with Gasteiger partial charge in [0.1, 0.15) is 0 Å². The molecule has 4 rings (SSSR count). The monoisotopic (exact) mass is 343 g/mol. The van der Waals surface area contributed by atoms with Gasteiger partial charge in [-0.15, -0.1) is 0 Å². The third kappa shape index (κ3) is 3.12. The molecule has 4 aromatic rings. The van der Waals surface area contributed by atoms with E-state index in [0.29, 0.717) is 0 Å². The Morgan fingerprint density at radius 1 is 0.923 bits per heavy atom. The molecule has 0 bridgehead atoms. The van der Waals surface area contributed by atoms with Crippen molar-refractivity contribution in [2.75, 3.05) is 10.6 Å². The molecule has 2 aromatic heterocycles. The fourth-order valence-corrected chi connectivity index (χ4v) is 2.85. The maximum atomic E-state index is 12.1. The first kappa shape index (κ1) is 15.8. The summed E-state index contributed by atoms with van der Waals surface area (Å²) in [5, 5.41) is 10.9. The Hall–Kier alpha value is -3.67. The average Bonchev–Trinajstić information content (AvgIpc) is 3.04. The molecule has 2 heterocycles. The fraction of sp³-hybridized carbons (Fsp3) is 0.0500. The van der Waals surface area contributed by atoms with Crippen molar-refractivity contribution in [1.29, 1.82) is 0 Å². The summed E-state index contributed by atoms with van der Waals surface area (Å²) in [4.78, 5) is 16.4. The predicted molar refractivity (Wildman–Crippen MR) is 103 cm³/mol. The Kier molecular flexibility index (Phi) is 4.07. The number of aromatic nitrogens is 3. The molecule has 0 aliphatic carbocycles. The quantitative estimate of drug-likeness (QED) is 0.583. The summed E-state index contributed by atoms with van der Waals surface area (Å²) in [5.41, 5.74) is 4.41. The second kappa shape index (κ2) is 6.68. The minimum atomic E-state index is -0.275. The van der Waals surface area contributed by atoms with Gasteiger partial charge < -0.3 is 10.6 Å². The van der Waals surface area contributed by atoms with Gasteiger partial charge >= 0.3 is 6.03 Å². The van der Waals surface area contributed by atoms with Gasteiger partial charge in [0.25, 0.3) is 0 Å². The van der Waals surface area contributed by atoms with Crippen molar-refractivity contribution in [2.45, 2.75) is 0 Å². The third-order valence-corrected chi connectivity index (χ3v) is 4.12. The van der Waals surface area contributed by atoms with Gasteiger partial charge in [-0.25, -0.2) is 9.78 Å². The molecule has 0 saturated carbocycles. The van der Waals surface area contributed by atoms with E-state index in [4.69, 9.17) is 0 Å². The summed E-state index contributed by atoms with van der Waals surface area (Å²) >= 11 is 0. The number of pyridine rings is 1. The summed E-state index contributed by atoms with van der Waals surface area (Å²) in [7, 11) is 1.87. The number of hydrogen-bond donors (Lipinski definition) is 2. The molecule has 0 aliphatic rings. The Morgan fingerprint density at radius 2 is 1.62 bits per heavy atom. The number of benzene rings is 2. The van der Waals surface area contributed by atoms with Crippen LogP contribution in [0.25, 0.3) is 22.2 Å². The molecule has 0 radical (unpaired) electrons. The van der Waals surface area contributed by atoms with Crippen molar-refractivity contribution in [3.8, 4) is 11.1 Å². The highest BCUT2D eigenvalue weighted by Gasteiger charge is 2.09. The standard InChI is InChI=1S/C20H17N5O/c1-25-19-18(13-22-25)17(11-12-21-19)14-7-9-16(10-8-14)24-20(26)23-15-5-3-2-4-6-15/h2-13H,1H3,(H2,23,24,26). The van der Waals surface area contributed by atoms with Crippen molar-refractivity contribution >= 4 is 28.4 Å². The number of anilines is 2. The summed E-state index contributed by atoms with van der Waals surface area (Å²) in [5.74, 6) is 0. The van der Waals surface area contributed by atoms with E-state index in [2.05, 4.69) is 20.7 Å². The van der Waals surface area contributed by atoms with Crippen LogP contribution in [-0.4, -0.2) is 20.8 Å². The van der Waals surface area contributed by atoms with Crippen LogP contribution in [0, 0.1) is 0 Å². The maximum Gasteiger partial charge on any atom is 0.323 e.